The number of hydrogen-bond donors (Lipinski definition) is 0. The van der Waals surface area contributed by atoms with Crippen LogP contribution in [0.3, 0.4) is 0 Å². The van der Waals surface area contributed by atoms with Crippen LogP contribution in [0.2, 0.25) is 0 Å². The summed E-state index contributed by atoms with van der Waals surface area (Å²) in [5.41, 5.74) is 1.17. The Hall–Kier alpha value is -0.630. The van der Waals surface area contributed by atoms with Gasteiger partial charge in [0.15, 0.2) is 0 Å². The van der Waals surface area contributed by atoms with Crippen LogP contribution < -0.4 is 0 Å². The highest BCUT2D eigenvalue weighted by Crippen LogP contribution is 2.08. The van der Waals surface area contributed by atoms with Crippen LogP contribution in [0.15, 0.2) is 29.0 Å². The van der Waals surface area contributed by atoms with Gasteiger partial charge in [0.1, 0.15) is 4.60 Å². The zero-order valence-corrected chi connectivity index (χ0v) is 10.1. The van der Waals surface area contributed by atoms with E-state index in [1.54, 1.807) is 0 Å². The van der Waals surface area contributed by atoms with Crippen molar-refractivity contribution < 1.29 is 0 Å². The van der Waals surface area contributed by atoms with E-state index in [-0.39, 0.29) is 0 Å². The second kappa shape index (κ2) is 6.77. The Kier molecular flexibility index (Phi) is 5.53. The number of aromatic nitrogens is 1. The average molecular weight is 254 g/mol. The molecular weight excluding hydrogens is 238 g/mol. The summed E-state index contributed by atoms with van der Waals surface area (Å²) in [6.45, 7) is 2.22. The second-order valence-electron chi connectivity index (χ2n) is 3.31. The summed E-state index contributed by atoms with van der Waals surface area (Å²) in [6.07, 6.45) is 11.3. The lowest BCUT2D eigenvalue weighted by atomic mass is 10.2. The smallest absolute Gasteiger partial charge is 0.106 e. The minimum absolute atomic E-state index is 0.889. The van der Waals surface area contributed by atoms with E-state index < -0.39 is 0 Å². The molecule has 0 radical (unpaired) electrons. The lowest BCUT2D eigenvalue weighted by Crippen LogP contribution is -1.77. The summed E-state index contributed by atoms with van der Waals surface area (Å²) < 4.78 is 0.889. The van der Waals surface area contributed by atoms with E-state index in [1.807, 2.05) is 12.3 Å². The van der Waals surface area contributed by atoms with Crippen molar-refractivity contribution in [1.82, 2.24) is 4.98 Å². The van der Waals surface area contributed by atoms with Gasteiger partial charge in [-0.3, -0.25) is 0 Å². The van der Waals surface area contributed by atoms with Gasteiger partial charge in [-0.1, -0.05) is 38.0 Å². The van der Waals surface area contributed by atoms with E-state index in [0.717, 1.165) is 4.60 Å². The van der Waals surface area contributed by atoms with Gasteiger partial charge in [0, 0.05) is 6.20 Å². The molecule has 1 rings (SSSR count). The predicted octanol–water partition coefficient (Wildman–Crippen LogP) is 4.44. The molecule has 1 aromatic rings. The largest absolute Gasteiger partial charge is 0.249 e. The van der Waals surface area contributed by atoms with Crippen LogP contribution in [0.5, 0.6) is 0 Å². The van der Waals surface area contributed by atoms with Gasteiger partial charge in [-0.2, -0.15) is 0 Å². The number of halogens is 1. The fraction of sp³-hybridized carbons (Fsp3) is 0.417. The fourth-order valence-corrected chi connectivity index (χ4v) is 1.45. The van der Waals surface area contributed by atoms with Gasteiger partial charge >= 0.3 is 0 Å². The predicted molar refractivity (Wildman–Crippen MR) is 65.1 cm³/mol. The lowest BCUT2D eigenvalue weighted by Gasteiger charge is -1.94. The third-order valence-electron chi connectivity index (χ3n) is 2.03. The molecule has 0 atom stereocenters. The summed E-state index contributed by atoms with van der Waals surface area (Å²) in [5, 5.41) is 0. The van der Waals surface area contributed by atoms with Crippen LogP contribution in [0.25, 0.3) is 6.08 Å². The monoisotopic (exact) mass is 253 g/mol. The maximum atomic E-state index is 4.16. The van der Waals surface area contributed by atoms with Crippen molar-refractivity contribution >= 4 is 22.0 Å². The Labute approximate surface area is 94.4 Å². The summed E-state index contributed by atoms with van der Waals surface area (Å²) in [5.74, 6) is 0. The molecule has 0 aliphatic rings. The molecule has 0 amide bonds. The van der Waals surface area contributed by atoms with Crippen LogP contribution in [0.1, 0.15) is 38.2 Å². The van der Waals surface area contributed by atoms with Crippen molar-refractivity contribution in [3.63, 3.8) is 0 Å². The molecule has 0 spiro atoms. The molecule has 14 heavy (non-hydrogen) atoms. The van der Waals surface area contributed by atoms with Crippen molar-refractivity contribution in [3.8, 4) is 0 Å². The van der Waals surface area contributed by atoms with Gasteiger partial charge in [-0.05, 0) is 40.4 Å². The molecule has 0 unspecified atom stereocenters. The third-order valence-corrected chi connectivity index (χ3v) is 2.50. The third kappa shape index (κ3) is 4.56. The number of nitrogens with zero attached hydrogens (tertiary/aromatic N) is 1. The highest BCUT2D eigenvalue weighted by molar-refractivity contribution is 9.10. The number of allylic oxidation sites excluding steroid dienone is 1. The van der Waals surface area contributed by atoms with Gasteiger partial charge in [0.05, 0.1) is 0 Å². The molecule has 76 valence electrons. The number of rotatable bonds is 5. The molecule has 0 aliphatic carbocycles. The van der Waals surface area contributed by atoms with Crippen molar-refractivity contribution in [2.75, 3.05) is 0 Å². The maximum Gasteiger partial charge on any atom is 0.106 e. The minimum Gasteiger partial charge on any atom is -0.249 e. The van der Waals surface area contributed by atoms with Crippen molar-refractivity contribution in [3.05, 3.63) is 34.6 Å². The zero-order chi connectivity index (χ0) is 10.2. The normalized spacial score (nSPS) is 11.0. The molecule has 1 aromatic heterocycles. The molecule has 0 aliphatic heterocycles. The summed E-state index contributed by atoms with van der Waals surface area (Å²) in [6, 6.07) is 4.03. The summed E-state index contributed by atoms with van der Waals surface area (Å²) >= 11 is 3.31. The van der Waals surface area contributed by atoms with Crippen molar-refractivity contribution in [2.45, 2.75) is 32.6 Å². The fourth-order valence-electron chi connectivity index (χ4n) is 1.22. The molecule has 1 nitrogen and oxygen atoms in total. The molecule has 0 N–H and O–H groups in total. The molecule has 0 bridgehead atoms. The van der Waals surface area contributed by atoms with Crippen molar-refractivity contribution in [2.24, 2.45) is 0 Å². The topological polar surface area (TPSA) is 12.9 Å². The Morgan fingerprint density at radius 3 is 2.86 bits per heavy atom. The van der Waals surface area contributed by atoms with Gasteiger partial charge in [-0.15, -0.1) is 0 Å². The van der Waals surface area contributed by atoms with Gasteiger partial charge < -0.3 is 0 Å². The first-order valence-corrected chi connectivity index (χ1v) is 5.90. The van der Waals surface area contributed by atoms with Gasteiger partial charge in [-0.25, -0.2) is 4.98 Å². The average Bonchev–Trinajstić information content (AvgIpc) is 2.21. The van der Waals surface area contributed by atoms with E-state index in [9.17, 15) is 0 Å². The molecular formula is C12H16BrN. The Morgan fingerprint density at radius 2 is 2.21 bits per heavy atom. The van der Waals surface area contributed by atoms with Crippen LogP contribution in [0.4, 0.5) is 0 Å². The Morgan fingerprint density at radius 1 is 1.36 bits per heavy atom. The molecule has 0 saturated carbocycles. The highest BCUT2D eigenvalue weighted by atomic mass is 79.9. The van der Waals surface area contributed by atoms with Crippen LogP contribution in [-0.2, 0) is 0 Å². The van der Waals surface area contributed by atoms with Crippen LogP contribution >= 0.6 is 15.9 Å². The quantitative estimate of drug-likeness (QED) is 0.559. The van der Waals surface area contributed by atoms with Gasteiger partial charge in [0.25, 0.3) is 0 Å². The zero-order valence-electron chi connectivity index (χ0n) is 8.54. The Bertz CT molecular complexity index is 277. The number of unbranched alkanes of at least 4 members (excludes halogenated alkanes) is 3. The number of hydrogen-bond acceptors (Lipinski definition) is 1. The first-order chi connectivity index (χ1) is 6.83. The van der Waals surface area contributed by atoms with E-state index >= 15 is 0 Å². The van der Waals surface area contributed by atoms with Crippen LogP contribution in [-0.4, -0.2) is 4.98 Å². The van der Waals surface area contributed by atoms with Gasteiger partial charge in [0.2, 0.25) is 0 Å². The Balaban J connectivity index is 2.33. The van der Waals surface area contributed by atoms with E-state index in [2.05, 4.69) is 46.1 Å². The molecule has 1 heterocycles. The first kappa shape index (κ1) is 11.4. The molecule has 0 saturated heterocycles. The first-order valence-electron chi connectivity index (χ1n) is 5.11. The lowest BCUT2D eigenvalue weighted by molar-refractivity contribution is 0.730. The highest BCUT2D eigenvalue weighted by Gasteiger charge is 1.88. The SMILES string of the molecule is CCCCCC=Cc1ccc(Br)nc1. The second-order valence-corrected chi connectivity index (χ2v) is 4.12. The van der Waals surface area contributed by atoms with E-state index in [1.165, 1.54) is 31.2 Å². The van der Waals surface area contributed by atoms with E-state index in [4.69, 9.17) is 0 Å². The maximum absolute atomic E-state index is 4.16. The van der Waals surface area contributed by atoms with E-state index in [0.29, 0.717) is 0 Å². The molecule has 2 heteroatoms. The minimum atomic E-state index is 0.889. The molecule has 0 fully saturated rings. The number of pyridine rings is 1. The van der Waals surface area contributed by atoms with Crippen LogP contribution in [0, 0.1) is 0 Å². The summed E-state index contributed by atoms with van der Waals surface area (Å²) in [7, 11) is 0. The van der Waals surface area contributed by atoms with Crippen molar-refractivity contribution in [1.29, 1.82) is 0 Å². The standard InChI is InChI=1S/C12H16BrN/c1-2-3-4-5-6-7-11-8-9-12(13)14-10-11/h6-10H,2-5H2,1H3. The molecule has 0 aromatic carbocycles. The summed E-state index contributed by atoms with van der Waals surface area (Å²) in [4.78, 5) is 4.16.